The highest BCUT2D eigenvalue weighted by atomic mass is 35.6. The second-order valence-corrected chi connectivity index (χ2v) is 9.12. The lowest BCUT2D eigenvalue weighted by Crippen LogP contribution is -2.49. The first-order valence-corrected chi connectivity index (χ1v) is 9.44. The number of hydrogen-bond donors (Lipinski definition) is 0. The van der Waals surface area contributed by atoms with Crippen LogP contribution in [0.25, 0.3) is 0 Å². The molecule has 7 heteroatoms. The van der Waals surface area contributed by atoms with Gasteiger partial charge in [-0.25, -0.2) is 0 Å². The van der Waals surface area contributed by atoms with E-state index in [0.29, 0.717) is 19.8 Å². The molecule has 0 radical (unpaired) electrons. The highest BCUT2D eigenvalue weighted by Gasteiger charge is 2.47. The van der Waals surface area contributed by atoms with Crippen molar-refractivity contribution in [1.29, 1.82) is 0 Å². The van der Waals surface area contributed by atoms with Gasteiger partial charge in [0.2, 0.25) is 0 Å². The Hall–Kier alpha value is 0.967. The van der Waals surface area contributed by atoms with Crippen molar-refractivity contribution in [2.24, 2.45) is 0 Å². The van der Waals surface area contributed by atoms with Crippen molar-refractivity contribution < 1.29 is 13.3 Å². The van der Waals surface area contributed by atoms with Crippen molar-refractivity contribution in [3.8, 4) is 0 Å². The summed E-state index contributed by atoms with van der Waals surface area (Å²) in [4.78, 5) is 0. The summed E-state index contributed by atoms with van der Waals surface area (Å²) < 4.78 is 16.0. The smallest absolute Gasteiger partial charge is 0.373 e. The molecule has 0 N–H and O–H groups in total. The summed E-state index contributed by atoms with van der Waals surface area (Å²) in [5, 5.41) is 0. The SMILES string of the molecule is CCCO[Si](CC(Cl)(Cl)Cl)(OCCC)OCCC. The minimum absolute atomic E-state index is 0.185. The van der Waals surface area contributed by atoms with E-state index in [-0.39, 0.29) is 6.04 Å². The average molecular weight is 338 g/mol. The molecule has 0 aliphatic heterocycles. The molecule has 0 atom stereocenters. The van der Waals surface area contributed by atoms with Gasteiger partial charge < -0.3 is 13.3 Å². The van der Waals surface area contributed by atoms with Gasteiger partial charge in [0.1, 0.15) is 0 Å². The lowest BCUT2D eigenvalue weighted by molar-refractivity contribution is 0.0595. The molecular formula is C11H23Cl3O3Si. The van der Waals surface area contributed by atoms with E-state index in [1.807, 2.05) is 20.8 Å². The second-order valence-electron chi connectivity index (χ2n) is 4.02. The predicted octanol–water partition coefficient (Wildman–Crippen LogP) is 4.58. The normalized spacial score (nSPS) is 13.0. The van der Waals surface area contributed by atoms with Gasteiger partial charge in [0.05, 0.1) is 6.04 Å². The fourth-order valence-corrected chi connectivity index (χ4v) is 5.36. The maximum Gasteiger partial charge on any atom is 0.505 e. The van der Waals surface area contributed by atoms with Crippen LogP contribution in [-0.4, -0.2) is 32.4 Å². The van der Waals surface area contributed by atoms with Gasteiger partial charge in [-0.2, -0.15) is 0 Å². The molecule has 0 rings (SSSR count). The average Bonchev–Trinajstić information content (AvgIpc) is 2.29. The second kappa shape index (κ2) is 9.81. The van der Waals surface area contributed by atoms with Gasteiger partial charge in [0.25, 0.3) is 0 Å². The third-order valence-corrected chi connectivity index (χ3v) is 5.96. The van der Waals surface area contributed by atoms with Crippen LogP contribution in [0, 0.1) is 0 Å². The Morgan fingerprint density at radius 2 is 1.11 bits per heavy atom. The van der Waals surface area contributed by atoms with Gasteiger partial charge in [-0.05, 0) is 19.3 Å². The van der Waals surface area contributed by atoms with Crippen LogP contribution in [0.4, 0.5) is 0 Å². The molecule has 0 saturated heterocycles. The topological polar surface area (TPSA) is 27.7 Å². The summed E-state index contributed by atoms with van der Waals surface area (Å²) in [5.41, 5.74) is 0. The summed E-state index contributed by atoms with van der Waals surface area (Å²) in [7, 11) is -2.89. The van der Waals surface area contributed by atoms with Crippen molar-refractivity contribution in [2.75, 3.05) is 19.8 Å². The van der Waals surface area contributed by atoms with E-state index in [1.54, 1.807) is 0 Å². The van der Waals surface area contributed by atoms with Crippen molar-refractivity contribution in [1.82, 2.24) is 0 Å². The summed E-state index contributed by atoms with van der Waals surface area (Å²) in [6.45, 7) is 7.73. The van der Waals surface area contributed by atoms with E-state index in [1.165, 1.54) is 0 Å². The maximum absolute atomic E-state index is 5.88. The van der Waals surface area contributed by atoms with Gasteiger partial charge >= 0.3 is 8.80 Å². The molecule has 0 aromatic carbocycles. The zero-order chi connectivity index (χ0) is 14.1. The fraction of sp³-hybridized carbons (Fsp3) is 1.00. The van der Waals surface area contributed by atoms with E-state index in [9.17, 15) is 0 Å². The standard InChI is InChI=1S/C11H23Cl3O3Si/c1-4-7-15-18(16-8-5-2,17-9-6-3)10-11(12,13)14/h4-10H2,1-3H3. The lowest BCUT2D eigenvalue weighted by atomic mass is 10.5. The van der Waals surface area contributed by atoms with Crippen molar-refractivity contribution in [3.63, 3.8) is 0 Å². The highest BCUT2D eigenvalue weighted by Crippen LogP contribution is 2.37. The van der Waals surface area contributed by atoms with Crippen LogP contribution in [0.2, 0.25) is 6.04 Å². The number of hydrogen-bond acceptors (Lipinski definition) is 3. The molecule has 0 unspecified atom stereocenters. The van der Waals surface area contributed by atoms with E-state index in [0.717, 1.165) is 19.3 Å². The van der Waals surface area contributed by atoms with E-state index < -0.39 is 12.6 Å². The third kappa shape index (κ3) is 8.96. The molecule has 18 heavy (non-hydrogen) atoms. The minimum Gasteiger partial charge on any atom is -0.373 e. The van der Waals surface area contributed by atoms with Crippen molar-refractivity contribution >= 4 is 43.6 Å². The monoisotopic (exact) mass is 336 g/mol. The van der Waals surface area contributed by atoms with Crippen LogP contribution in [0.15, 0.2) is 0 Å². The van der Waals surface area contributed by atoms with E-state index >= 15 is 0 Å². The molecule has 3 nitrogen and oxygen atoms in total. The van der Waals surface area contributed by atoms with Crippen LogP contribution < -0.4 is 0 Å². The molecule has 0 spiro atoms. The number of alkyl halides is 3. The molecule has 0 fully saturated rings. The van der Waals surface area contributed by atoms with Crippen LogP contribution in [0.3, 0.4) is 0 Å². The Morgan fingerprint density at radius 1 is 0.778 bits per heavy atom. The molecule has 0 heterocycles. The van der Waals surface area contributed by atoms with Crippen LogP contribution >= 0.6 is 34.8 Å². The Morgan fingerprint density at radius 3 is 1.33 bits per heavy atom. The summed E-state index contributed by atoms with van der Waals surface area (Å²) in [6, 6.07) is 0.185. The molecule has 0 saturated carbocycles. The zero-order valence-electron chi connectivity index (χ0n) is 11.3. The van der Waals surface area contributed by atoms with Crippen LogP contribution in [-0.2, 0) is 13.3 Å². The molecule has 110 valence electrons. The van der Waals surface area contributed by atoms with Gasteiger partial charge in [0, 0.05) is 19.8 Å². The lowest BCUT2D eigenvalue weighted by Gasteiger charge is -2.31. The van der Waals surface area contributed by atoms with E-state index in [4.69, 9.17) is 48.1 Å². The molecule has 0 aromatic heterocycles. The Labute approximate surface area is 126 Å². The van der Waals surface area contributed by atoms with Crippen molar-refractivity contribution in [2.45, 2.75) is 49.9 Å². The summed E-state index contributed by atoms with van der Waals surface area (Å²) in [6.07, 6.45) is 2.62. The number of rotatable bonds is 10. The Bertz CT molecular complexity index is 190. The molecule has 0 aromatic rings. The van der Waals surface area contributed by atoms with Crippen molar-refractivity contribution in [3.05, 3.63) is 0 Å². The first kappa shape index (κ1) is 19.0. The van der Waals surface area contributed by atoms with E-state index in [2.05, 4.69) is 0 Å². The number of halogens is 3. The maximum atomic E-state index is 5.88. The van der Waals surface area contributed by atoms with Crippen LogP contribution in [0.5, 0.6) is 0 Å². The molecule has 0 bridgehead atoms. The molecule has 0 aliphatic rings. The van der Waals surface area contributed by atoms with Crippen LogP contribution in [0.1, 0.15) is 40.0 Å². The quantitative estimate of drug-likeness (QED) is 0.431. The fourth-order valence-electron chi connectivity index (χ4n) is 1.30. The van der Waals surface area contributed by atoms with Gasteiger partial charge in [0.15, 0.2) is 3.79 Å². The Kier molecular flexibility index (Phi) is 10.3. The summed E-state index contributed by atoms with van der Waals surface area (Å²) in [5.74, 6) is 0. The molecule has 0 aliphatic carbocycles. The minimum atomic E-state index is -2.89. The predicted molar refractivity (Wildman–Crippen MR) is 79.6 cm³/mol. The van der Waals surface area contributed by atoms with Gasteiger partial charge in [-0.1, -0.05) is 55.6 Å². The molecular weight excluding hydrogens is 315 g/mol. The molecule has 0 amide bonds. The van der Waals surface area contributed by atoms with Gasteiger partial charge in [-0.15, -0.1) is 0 Å². The zero-order valence-corrected chi connectivity index (χ0v) is 14.6. The Balaban J connectivity index is 4.73. The third-order valence-electron chi connectivity index (χ3n) is 2.00. The van der Waals surface area contributed by atoms with Gasteiger partial charge in [-0.3, -0.25) is 0 Å². The first-order chi connectivity index (χ1) is 8.39. The highest BCUT2D eigenvalue weighted by molar-refractivity contribution is 6.74. The largest absolute Gasteiger partial charge is 0.505 e. The first-order valence-electron chi connectivity index (χ1n) is 6.37. The summed E-state index contributed by atoms with van der Waals surface area (Å²) >= 11 is 17.6.